The van der Waals surface area contributed by atoms with E-state index in [0.717, 1.165) is 11.1 Å². The Morgan fingerprint density at radius 1 is 1.25 bits per heavy atom. The number of rotatable bonds is 3. The summed E-state index contributed by atoms with van der Waals surface area (Å²) in [5, 5.41) is 0. The zero-order valence-corrected chi connectivity index (χ0v) is 13.4. The lowest BCUT2D eigenvalue weighted by molar-refractivity contribution is 0.0321. The number of benzene rings is 1. The predicted octanol–water partition coefficient (Wildman–Crippen LogP) is 4.18. The Bertz CT molecular complexity index is 512. The SMILES string of the molecule is C=C(CN(C)C(=O)OC(C)(C)C)c1ccc(C)c(C)c1. The van der Waals surface area contributed by atoms with Crippen LogP contribution in [0, 0.1) is 13.8 Å². The lowest BCUT2D eigenvalue weighted by atomic mass is 10.0. The molecule has 0 aromatic heterocycles. The van der Waals surface area contributed by atoms with Gasteiger partial charge >= 0.3 is 6.09 Å². The highest BCUT2D eigenvalue weighted by atomic mass is 16.6. The summed E-state index contributed by atoms with van der Waals surface area (Å²) in [7, 11) is 1.72. The molecule has 0 atom stereocenters. The molecule has 1 aromatic carbocycles. The maximum atomic E-state index is 11.9. The highest BCUT2D eigenvalue weighted by molar-refractivity contribution is 5.73. The fourth-order valence-electron chi connectivity index (χ4n) is 1.74. The predicted molar refractivity (Wildman–Crippen MR) is 83.8 cm³/mol. The van der Waals surface area contributed by atoms with E-state index in [0.29, 0.717) is 6.54 Å². The van der Waals surface area contributed by atoms with Crippen molar-refractivity contribution < 1.29 is 9.53 Å². The summed E-state index contributed by atoms with van der Waals surface area (Å²) in [6.07, 6.45) is -0.331. The van der Waals surface area contributed by atoms with E-state index in [4.69, 9.17) is 4.74 Å². The maximum Gasteiger partial charge on any atom is 0.410 e. The van der Waals surface area contributed by atoms with Crippen LogP contribution in [0.5, 0.6) is 0 Å². The Morgan fingerprint density at radius 3 is 2.35 bits per heavy atom. The standard InChI is InChI=1S/C17H25NO2/c1-12-8-9-15(10-13(12)2)14(3)11-18(7)16(19)20-17(4,5)6/h8-10H,3,11H2,1-2,4-7H3. The van der Waals surface area contributed by atoms with Crippen molar-refractivity contribution in [2.75, 3.05) is 13.6 Å². The third-order valence-electron chi connectivity index (χ3n) is 3.05. The van der Waals surface area contributed by atoms with Gasteiger partial charge < -0.3 is 9.64 Å². The minimum Gasteiger partial charge on any atom is -0.444 e. The number of hydrogen-bond acceptors (Lipinski definition) is 2. The average Bonchev–Trinajstić information content (AvgIpc) is 2.30. The molecule has 0 N–H and O–H groups in total. The van der Waals surface area contributed by atoms with Crippen molar-refractivity contribution in [1.82, 2.24) is 4.90 Å². The van der Waals surface area contributed by atoms with E-state index >= 15 is 0 Å². The van der Waals surface area contributed by atoms with Gasteiger partial charge in [0.1, 0.15) is 5.60 Å². The molecule has 20 heavy (non-hydrogen) atoms. The first-order valence-electron chi connectivity index (χ1n) is 6.79. The quantitative estimate of drug-likeness (QED) is 0.828. The summed E-state index contributed by atoms with van der Waals surface area (Å²) in [6.45, 7) is 14.2. The highest BCUT2D eigenvalue weighted by Crippen LogP contribution is 2.18. The minimum absolute atomic E-state index is 0.331. The summed E-state index contributed by atoms with van der Waals surface area (Å²) < 4.78 is 5.32. The molecular weight excluding hydrogens is 250 g/mol. The maximum absolute atomic E-state index is 11.9. The number of ether oxygens (including phenoxy) is 1. The highest BCUT2D eigenvalue weighted by Gasteiger charge is 2.20. The number of likely N-dealkylation sites (N-methyl/N-ethyl adjacent to an activating group) is 1. The van der Waals surface area contributed by atoms with Crippen LogP contribution in [0.3, 0.4) is 0 Å². The lowest BCUT2D eigenvalue weighted by Gasteiger charge is -2.25. The molecule has 0 aliphatic carbocycles. The van der Waals surface area contributed by atoms with Crippen LogP contribution in [0.1, 0.15) is 37.5 Å². The molecule has 0 spiro atoms. The summed E-state index contributed by atoms with van der Waals surface area (Å²) >= 11 is 0. The first kappa shape index (κ1) is 16.3. The van der Waals surface area contributed by atoms with Gasteiger partial charge in [0, 0.05) is 13.6 Å². The van der Waals surface area contributed by atoms with E-state index < -0.39 is 5.60 Å². The van der Waals surface area contributed by atoms with Gasteiger partial charge in [-0.3, -0.25) is 0 Å². The molecule has 0 heterocycles. The molecule has 0 aliphatic heterocycles. The van der Waals surface area contributed by atoms with Crippen LogP contribution in [0.2, 0.25) is 0 Å². The number of amides is 1. The number of carbonyl (C=O) groups excluding carboxylic acids is 1. The van der Waals surface area contributed by atoms with Crippen LogP contribution >= 0.6 is 0 Å². The Hall–Kier alpha value is -1.77. The van der Waals surface area contributed by atoms with Gasteiger partial charge in [0.2, 0.25) is 0 Å². The summed E-state index contributed by atoms with van der Waals surface area (Å²) in [5.41, 5.74) is 3.96. The second-order valence-electron chi connectivity index (χ2n) is 6.24. The Labute approximate surface area is 122 Å². The topological polar surface area (TPSA) is 29.5 Å². The van der Waals surface area contributed by atoms with Crippen molar-refractivity contribution in [1.29, 1.82) is 0 Å². The normalized spacial score (nSPS) is 11.1. The molecule has 0 unspecified atom stereocenters. The fourth-order valence-corrected chi connectivity index (χ4v) is 1.74. The summed E-state index contributed by atoms with van der Waals surface area (Å²) in [6, 6.07) is 6.21. The van der Waals surface area contributed by atoms with Crippen molar-refractivity contribution in [3.05, 3.63) is 41.5 Å². The third-order valence-corrected chi connectivity index (χ3v) is 3.05. The molecule has 3 heteroatoms. The lowest BCUT2D eigenvalue weighted by Crippen LogP contribution is -2.35. The van der Waals surface area contributed by atoms with Crippen LogP contribution in [0.15, 0.2) is 24.8 Å². The molecule has 0 radical (unpaired) electrons. The zero-order chi connectivity index (χ0) is 15.5. The molecule has 1 aromatic rings. The molecule has 0 saturated carbocycles. The first-order valence-corrected chi connectivity index (χ1v) is 6.79. The third kappa shape index (κ3) is 4.72. The fraction of sp³-hybridized carbons (Fsp3) is 0.471. The van der Waals surface area contributed by atoms with Gasteiger partial charge in [-0.05, 0) is 56.9 Å². The number of carbonyl (C=O) groups is 1. The Balaban J connectivity index is 2.70. The van der Waals surface area contributed by atoms with Gasteiger partial charge in [-0.15, -0.1) is 0 Å². The average molecular weight is 275 g/mol. The van der Waals surface area contributed by atoms with E-state index in [2.05, 4.69) is 32.6 Å². The largest absolute Gasteiger partial charge is 0.444 e. The van der Waals surface area contributed by atoms with E-state index in [9.17, 15) is 4.79 Å². The number of hydrogen-bond donors (Lipinski definition) is 0. The molecule has 1 amide bonds. The van der Waals surface area contributed by atoms with Gasteiger partial charge in [-0.1, -0.05) is 24.8 Å². The second kappa shape index (κ2) is 6.12. The van der Waals surface area contributed by atoms with E-state index in [1.54, 1.807) is 11.9 Å². The monoisotopic (exact) mass is 275 g/mol. The molecule has 1 rings (SSSR count). The van der Waals surface area contributed by atoms with E-state index in [-0.39, 0.29) is 6.09 Å². The van der Waals surface area contributed by atoms with Crippen molar-refractivity contribution in [2.45, 2.75) is 40.2 Å². The van der Waals surface area contributed by atoms with Crippen LogP contribution in [0.4, 0.5) is 4.79 Å². The van der Waals surface area contributed by atoms with Gasteiger partial charge in [0.25, 0.3) is 0 Å². The van der Waals surface area contributed by atoms with Crippen LogP contribution in [-0.2, 0) is 4.74 Å². The van der Waals surface area contributed by atoms with Gasteiger partial charge in [-0.2, -0.15) is 0 Å². The van der Waals surface area contributed by atoms with Crippen molar-refractivity contribution >= 4 is 11.7 Å². The Morgan fingerprint density at radius 2 is 1.85 bits per heavy atom. The van der Waals surface area contributed by atoms with Gasteiger partial charge in [0.05, 0.1) is 0 Å². The molecule has 0 fully saturated rings. The molecule has 3 nitrogen and oxygen atoms in total. The van der Waals surface area contributed by atoms with Crippen LogP contribution in [-0.4, -0.2) is 30.2 Å². The van der Waals surface area contributed by atoms with Crippen molar-refractivity contribution in [2.24, 2.45) is 0 Å². The molecule has 110 valence electrons. The molecular formula is C17H25NO2. The van der Waals surface area contributed by atoms with Gasteiger partial charge in [-0.25, -0.2) is 4.79 Å². The van der Waals surface area contributed by atoms with Gasteiger partial charge in [0.15, 0.2) is 0 Å². The first-order chi connectivity index (χ1) is 9.10. The van der Waals surface area contributed by atoms with Crippen LogP contribution in [0.25, 0.3) is 5.57 Å². The summed E-state index contributed by atoms with van der Waals surface area (Å²) in [4.78, 5) is 13.5. The minimum atomic E-state index is -0.479. The number of aryl methyl sites for hydroxylation is 2. The summed E-state index contributed by atoms with van der Waals surface area (Å²) in [5.74, 6) is 0. The van der Waals surface area contributed by atoms with E-state index in [1.165, 1.54) is 11.1 Å². The smallest absolute Gasteiger partial charge is 0.410 e. The van der Waals surface area contributed by atoms with Crippen molar-refractivity contribution in [3.63, 3.8) is 0 Å². The van der Waals surface area contributed by atoms with E-state index in [1.807, 2.05) is 26.8 Å². The van der Waals surface area contributed by atoms with Crippen LogP contribution < -0.4 is 0 Å². The Kier molecular flexibility index (Phi) is 4.98. The zero-order valence-electron chi connectivity index (χ0n) is 13.4. The molecule has 0 aliphatic rings. The van der Waals surface area contributed by atoms with Crippen molar-refractivity contribution in [3.8, 4) is 0 Å². The number of nitrogens with zero attached hydrogens (tertiary/aromatic N) is 1. The molecule has 0 bridgehead atoms. The molecule has 0 saturated heterocycles. The second-order valence-corrected chi connectivity index (χ2v) is 6.24.